The largest absolute Gasteiger partial charge is 0.348 e. The summed E-state index contributed by atoms with van der Waals surface area (Å²) in [6.07, 6.45) is 7.69. The second kappa shape index (κ2) is 5.41. The molecule has 4 rings (SSSR count). The molecular formula is C18H14N4. The van der Waals surface area contributed by atoms with Crippen LogP contribution < -0.4 is 0 Å². The SMILES string of the molecule is c1ccc(-c2nc3ccn(Cc4ccncc4)cc-3n2)cc1. The van der Waals surface area contributed by atoms with Gasteiger partial charge in [-0.1, -0.05) is 30.3 Å². The highest BCUT2D eigenvalue weighted by Gasteiger charge is 2.12. The fraction of sp³-hybridized carbons (Fsp3) is 0.0556. The number of hydrogen-bond acceptors (Lipinski definition) is 3. The van der Waals surface area contributed by atoms with Gasteiger partial charge in [0.15, 0.2) is 5.82 Å². The van der Waals surface area contributed by atoms with Gasteiger partial charge in [0.2, 0.25) is 0 Å². The summed E-state index contributed by atoms with van der Waals surface area (Å²) in [5.74, 6) is 0.775. The molecule has 0 unspecified atom stereocenters. The third kappa shape index (κ3) is 2.46. The number of fused-ring (bicyclic) bond motifs is 1. The summed E-state index contributed by atoms with van der Waals surface area (Å²) in [5, 5.41) is 0. The summed E-state index contributed by atoms with van der Waals surface area (Å²) in [6.45, 7) is 0.798. The van der Waals surface area contributed by atoms with Crippen molar-refractivity contribution in [3.05, 3.63) is 78.9 Å². The van der Waals surface area contributed by atoms with Crippen molar-refractivity contribution in [1.82, 2.24) is 19.5 Å². The number of nitrogens with zero attached hydrogens (tertiary/aromatic N) is 4. The van der Waals surface area contributed by atoms with E-state index in [2.05, 4.69) is 19.5 Å². The Morgan fingerprint density at radius 2 is 1.59 bits per heavy atom. The Labute approximate surface area is 128 Å². The topological polar surface area (TPSA) is 43.6 Å². The van der Waals surface area contributed by atoms with Crippen molar-refractivity contribution in [1.29, 1.82) is 0 Å². The van der Waals surface area contributed by atoms with Gasteiger partial charge in [-0.25, -0.2) is 9.97 Å². The van der Waals surface area contributed by atoms with E-state index in [-0.39, 0.29) is 0 Å². The van der Waals surface area contributed by atoms with Crippen molar-refractivity contribution in [3.63, 3.8) is 0 Å². The van der Waals surface area contributed by atoms with E-state index in [9.17, 15) is 0 Å². The first-order chi connectivity index (χ1) is 10.9. The minimum atomic E-state index is 0.775. The van der Waals surface area contributed by atoms with Gasteiger partial charge < -0.3 is 4.57 Å². The molecule has 2 aliphatic heterocycles. The highest BCUT2D eigenvalue weighted by molar-refractivity contribution is 5.65. The fourth-order valence-electron chi connectivity index (χ4n) is 2.47. The molecule has 0 fully saturated rings. The van der Waals surface area contributed by atoms with Gasteiger partial charge in [-0.05, 0) is 23.8 Å². The van der Waals surface area contributed by atoms with Crippen molar-refractivity contribution in [2.45, 2.75) is 6.54 Å². The van der Waals surface area contributed by atoms with E-state index in [0.717, 1.165) is 29.3 Å². The molecule has 0 bridgehead atoms. The predicted octanol–water partition coefficient (Wildman–Crippen LogP) is 3.49. The minimum Gasteiger partial charge on any atom is -0.348 e. The molecule has 4 nitrogen and oxygen atoms in total. The average Bonchev–Trinajstić information content (AvgIpc) is 3.00. The fourth-order valence-corrected chi connectivity index (χ4v) is 2.47. The lowest BCUT2D eigenvalue weighted by Crippen LogP contribution is -2.00. The zero-order chi connectivity index (χ0) is 14.8. The lowest BCUT2D eigenvalue weighted by Gasteiger charge is -2.07. The molecule has 4 heteroatoms. The molecule has 0 amide bonds. The molecule has 2 aliphatic rings. The molecule has 1 aromatic carbocycles. The maximum absolute atomic E-state index is 4.64. The first kappa shape index (κ1) is 12.7. The van der Waals surface area contributed by atoms with Crippen molar-refractivity contribution in [2.24, 2.45) is 0 Å². The smallest absolute Gasteiger partial charge is 0.160 e. The molecule has 1 aromatic heterocycles. The van der Waals surface area contributed by atoms with Gasteiger partial charge in [-0.15, -0.1) is 0 Å². The monoisotopic (exact) mass is 286 g/mol. The summed E-state index contributed by atoms with van der Waals surface area (Å²) in [7, 11) is 0. The molecule has 0 atom stereocenters. The highest BCUT2D eigenvalue weighted by Crippen LogP contribution is 2.24. The van der Waals surface area contributed by atoms with Crippen molar-refractivity contribution >= 4 is 0 Å². The molecule has 0 N–H and O–H groups in total. The van der Waals surface area contributed by atoms with Gasteiger partial charge in [0.05, 0.1) is 5.69 Å². The third-order valence-corrected chi connectivity index (χ3v) is 3.57. The lowest BCUT2D eigenvalue weighted by atomic mass is 10.2. The van der Waals surface area contributed by atoms with Gasteiger partial charge in [0.25, 0.3) is 0 Å². The van der Waals surface area contributed by atoms with E-state index in [1.54, 1.807) is 0 Å². The van der Waals surface area contributed by atoms with Crippen LogP contribution in [0.15, 0.2) is 73.3 Å². The van der Waals surface area contributed by atoms with Crippen LogP contribution in [-0.2, 0) is 6.54 Å². The van der Waals surface area contributed by atoms with E-state index in [1.165, 1.54) is 5.56 Å². The quantitative estimate of drug-likeness (QED) is 0.579. The van der Waals surface area contributed by atoms with Gasteiger partial charge in [-0.2, -0.15) is 0 Å². The molecule has 0 saturated heterocycles. The Morgan fingerprint density at radius 3 is 2.41 bits per heavy atom. The van der Waals surface area contributed by atoms with E-state index >= 15 is 0 Å². The van der Waals surface area contributed by atoms with Crippen LogP contribution in [-0.4, -0.2) is 19.5 Å². The Kier molecular flexibility index (Phi) is 3.12. The average molecular weight is 286 g/mol. The third-order valence-electron chi connectivity index (χ3n) is 3.57. The van der Waals surface area contributed by atoms with Crippen LogP contribution in [0.25, 0.3) is 22.8 Å². The normalized spacial score (nSPS) is 10.9. The maximum atomic E-state index is 4.64. The first-order valence-electron chi connectivity index (χ1n) is 7.16. The van der Waals surface area contributed by atoms with Gasteiger partial charge in [0.1, 0.15) is 5.69 Å². The van der Waals surface area contributed by atoms with Crippen LogP contribution in [0.3, 0.4) is 0 Å². The molecule has 0 aliphatic carbocycles. The standard InChI is InChI=1S/C18H14N4/c1-2-4-15(5-3-1)18-20-16-8-11-22(13-17(16)21-18)12-14-6-9-19-10-7-14/h1-11,13H,12H2. The summed E-state index contributed by atoms with van der Waals surface area (Å²) >= 11 is 0. The Balaban J connectivity index is 1.69. The zero-order valence-electron chi connectivity index (χ0n) is 11.9. The van der Waals surface area contributed by atoms with Gasteiger partial charge in [-0.3, -0.25) is 4.98 Å². The lowest BCUT2D eigenvalue weighted by molar-refractivity contribution is 0.788. The summed E-state index contributed by atoms with van der Waals surface area (Å²) in [6, 6.07) is 16.1. The van der Waals surface area contributed by atoms with Crippen LogP contribution >= 0.6 is 0 Å². The highest BCUT2D eigenvalue weighted by atomic mass is 15.0. The van der Waals surface area contributed by atoms with Crippen molar-refractivity contribution < 1.29 is 0 Å². The van der Waals surface area contributed by atoms with Gasteiger partial charge in [0, 0.05) is 36.9 Å². The van der Waals surface area contributed by atoms with Crippen LogP contribution in [0.5, 0.6) is 0 Å². The van der Waals surface area contributed by atoms with Crippen LogP contribution in [0.1, 0.15) is 5.56 Å². The van der Waals surface area contributed by atoms with E-state index < -0.39 is 0 Å². The Morgan fingerprint density at radius 1 is 0.818 bits per heavy atom. The second-order valence-corrected chi connectivity index (χ2v) is 5.16. The van der Waals surface area contributed by atoms with Gasteiger partial charge >= 0.3 is 0 Å². The Hall–Kier alpha value is -3.01. The van der Waals surface area contributed by atoms with E-state index in [0.29, 0.717) is 0 Å². The molecule has 22 heavy (non-hydrogen) atoms. The second-order valence-electron chi connectivity index (χ2n) is 5.16. The number of pyridine rings is 2. The van der Waals surface area contributed by atoms with E-state index in [1.807, 2.05) is 73.3 Å². The number of benzene rings is 1. The van der Waals surface area contributed by atoms with Crippen LogP contribution in [0.4, 0.5) is 0 Å². The molecule has 0 spiro atoms. The molecule has 106 valence electrons. The molecule has 3 heterocycles. The van der Waals surface area contributed by atoms with Crippen molar-refractivity contribution in [2.75, 3.05) is 0 Å². The summed E-state index contributed by atoms with van der Waals surface area (Å²) < 4.78 is 2.11. The number of imidazole rings is 1. The number of hydrogen-bond donors (Lipinski definition) is 0. The summed E-state index contributed by atoms with van der Waals surface area (Å²) in [4.78, 5) is 13.3. The zero-order valence-corrected chi connectivity index (χ0v) is 11.9. The Bertz CT molecular complexity index is 853. The number of rotatable bonds is 3. The first-order valence-corrected chi connectivity index (χ1v) is 7.16. The number of aromatic nitrogens is 4. The molecule has 0 radical (unpaired) electrons. The molecular weight excluding hydrogens is 272 g/mol. The van der Waals surface area contributed by atoms with Crippen LogP contribution in [0.2, 0.25) is 0 Å². The van der Waals surface area contributed by atoms with Crippen molar-refractivity contribution in [3.8, 4) is 22.8 Å². The maximum Gasteiger partial charge on any atom is 0.160 e. The molecule has 0 saturated carbocycles. The minimum absolute atomic E-state index is 0.775. The summed E-state index contributed by atoms with van der Waals surface area (Å²) in [5.41, 5.74) is 4.08. The molecule has 2 aromatic rings. The predicted molar refractivity (Wildman–Crippen MR) is 85.4 cm³/mol. The van der Waals surface area contributed by atoms with Crippen LogP contribution in [0, 0.1) is 0 Å². The van der Waals surface area contributed by atoms with E-state index in [4.69, 9.17) is 0 Å².